The molecule has 0 aliphatic carbocycles. The number of hydrogen-bond acceptors (Lipinski definition) is 4. The van der Waals surface area contributed by atoms with Crippen LogP contribution < -0.4 is 11.1 Å². The van der Waals surface area contributed by atoms with E-state index in [0.717, 1.165) is 0 Å². The van der Waals surface area contributed by atoms with Gasteiger partial charge in [-0.15, -0.1) is 0 Å². The number of aliphatic hydroxyl groups is 1. The van der Waals surface area contributed by atoms with Crippen molar-refractivity contribution in [2.24, 2.45) is 5.73 Å². The van der Waals surface area contributed by atoms with Crippen LogP contribution in [0.25, 0.3) is 0 Å². The minimum absolute atomic E-state index is 0.477. The second-order valence-electron chi connectivity index (χ2n) is 2.52. The van der Waals surface area contributed by atoms with Crippen molar-refractivity contribution in [3.63, 3.8) is 0 Å². The quantitative estimate of drug-likeness (QED) is 0.538. The van der Waals surface area contributed by atoms with Crippen LogP contribution in [0.4, 0.5) is 0 Å². The van der Waals surface area contributed by atoms with E-state index >= 15 is 0 Å². The van der Waals surface area contributed by atoms with Crippen LogP contribution in [-0.4, -0.2) is 24.7 Å². The highest BCUT2D eigenvalue weighted by Gasteiger charge is 2.08. The molecule has 0 aromatic carbocycles. The highest BCUT2D eigenvalue weighted by atomic mass is 16.4. The van der Waals surface area contributed by atoms with Crippen LogP contribution in [0, 0.1) is 0 Å². The van der Waals surface area contributed by atoms with E-state index < -0.39 is 6.10 Å². The first-order valence-corrected chi connectivity index (χ1v) is 3.97. The highest BCUT2D eigenvalue weighted by Crippen LogP contribution is 2.10. The van der Waals surface area contributed by atoms with Crippen molar-refractivity contribution in [3.8, 4) is 0 Å². The molecule has 68 valence electrons. The maximum absolute atomic E-state index is 9.44. The molecule has 1 rings (SSSR count). The summed E-state index contributed by atoms with van der Waals surface area (Å²) in [7, 11) is 0. The summed E-state index contributed by atoms with van der Waals surface area (Å²) in [6.45, 7) is 1.76. The van der Waals surface area contributed by atoms with Gasteiger partial charge in [-0.05, 0) is 12.1 Å². The van der Waals surface area contributed by atoms with E-state index in [-0.39, 0.29) is 0 Å². The number of rotatable bonds is 5. The molecule has 0 saturated carbocycles. The van der Waals surface area contributed by atoms with Crippen molar-refractivity contribution in [1.29, 1.82) is 0 Å². The molecule has 1 heterocycles. The molecule has 0 fully saturated rings. The summed E-state index contributed by atoms with van der Waals surface area (Å²) in [5.41, 5.74) is 5.27. The normalized spacial score (nSPS) is 13.2. The van der Waals surface area contributed by atoms with Gasteiger partial charge < -0.3 is 20.6 Å². The van der Waals surface area contributed by atoms with Gasteiger partial charge in [0.1, 0.15) is 11.9 Å². The minimum Gasteiger partial charge on any atom is -0.467 e. The molecule has 0 aliphatic heterocycles. The molecule has 1 atom stereocenters. The van der Waals surface area contributed by atoms with Gasteiger partial charge in [0.2, 0.25) is 0 Å². The van der Waals surface area contributed by atoms with Gasteiger partial charge in [0, 0.05) is 19.6 Å². The first-order valence-electron chi connectivity index (χ1n) is 3.97. The molecule has 0 radical (unpaired) electrons. The predicted molar refractivity (Wildman–Crippen MR) is 45.6 cm³/mol. The number of hydrogen-bond donors (Lipinski definition) is 3. The fourth-order valence-corrected chi connectivity index (χ4v) is 0.922. The Morgan fingerprint density at radius 3 is 3.08 bits per heavy atom. The molecule has 0 aliphatic rings. The van der Waals surface area contributed by atoms with Crippen molar-refractivity contribution >= 4 is 0 Å². The first-order chi connectivity index (χ1) is 5.84. The molecule has 12 heavy (non-hydrogen) atoms. The molecule has 1 aromatic heterocycles. The summed E-state index contributed by atoms with van der Waals surface area (Å²) in [4.78, 5) is 0. The topological polar surface area (TPSA) is 71.4 Å². The van der Waals surface area contributed by atoms with Crippen molar-refractivity contribution in [2.45, 2.75) is 6.10 Å². The number of nitrogens with one attached hydrogen (secondary N) is 1. The van der Waals surface area contributed by atoms with E-state index in [2.05, 4.69) is 5.32 Å². The fourth-order valence-electron chi connectivity index (χ4n) is 0.922. The monoisotopic (exact) mass is 170 g/mol. The lowest BCUT2D eigenvalue weighted by atomic mass is 10.3. The molecule has 0 saturated heterocycles. The lowest BCUT2D eigenvalue weighted by molar-refractivity contribution is 0.148. The summed E-state index contributed by atoms with van der Waals surface area (Å²) >= 11 is 0. The Morgan fingerprint density at radius 1 is 1.67 bits per heavy atom. The first kappa shape index (κ1) is 9.25. The average molecular weight is 170 g/mol. The molecule has 4 N–H and O–H groups in total. The van der Waals surface area contributed by atoms with Crippen molar-refractivity contribution in [2.75, 3.05) is 19.6 Å². The van der Waals surface area contributed by atoms with E-state index in [1.54, 1.807) is 18.4 Å². The van der Waals surface area contributed by atoms with Crippen LogP contribution in [0.3, 0.4) is 0 Å². The standard InChI is InChI=1S/C8H14N2O2/c9-3-4-10-6-7(11)8-2-1-5-12-8/h1-2,5,7,10-11H,3-4,6,9H2. The minimum atomic E-state index is -0.577. The van der Waals surface area contributed by atoms with E-state index in [0.29, 0.717) is 25.4 Å². The Balaban J connectivity index is 2.25. The third kappa shape index (κ3) is 2.65. The SMILES string of the molecule is NCCNCC(O)c1ccco1. The van der Waals surface area contributed by atoms with Gasteiger partial charge in [-0.25, -0.2) is 0 Å². The molecular formula is C8H14N2O2. The van der Waals surface area contributed by atoms with Gasteiger partial charge in [-0.3, -0.25) is 0 Å². The van der Waals surface area contributed by atoms with E-state index in [4.69, 9.17) is 10.2 Å². The zero-order valence-corrected chi connectivity index (χ0v) is 6.86. The smallest absolute Gasteiger partial charge is 0.133 e. The Morgan fingerprint density at radius 2 is 2.50 bits per heavy atom. The van der Waals surface area contributed by atoms with Gasteiger partial charge >= 0.3 is 0 Å². The van der Waals surface area contributed by atoms with Gasteiger partial charge in [-0.1, -0.05) is 0 Å². The highest BCUT2D eigenvalue weighted by molar-refractivity contribution is 5.01. The second kappa shape index (κ2) is 4.92. The van der Waals surface area contributed by atoms with E-state index in [1.807, 2.05) is 0 Å². The average Bonchev–Trinajstić information content (AvgIpc) is 2.56. The van der Waals surface area contributed by atoms with Crippen LogP contribution in [-0.2, 0) is 0 Å². The third-order valence-electron chi connectivity index (χ3n) is 1.53. The van der Waals surface area contributed by atoms with Crippen molar-refractivity contribution in [3.05, 3.63) is 24.2 Å². The van der Waals surface area contributed by atoms with Gasteiger partial charge in [0.05, 0.1) is 6.26 Å². The summed E-state index contributed by atoms with van der Waals surface area (Å²) < 4.78 is 5.00. The number of aliphatic hydroxyl groups excluding tert-OH is 1. The van der Waals surface area contributed by atoms with Crippen LogP contribution >= 0.6 is 0 Å². The van der Waals surface area contributed by atoms with Crippen LogP contribution in [0.1, 0.15) is 11.9 Å². The molecule has 0 bridgehead atoms. The Bertz CT molecular complexity index is 199. The summed E-state index contributed by atoms with van der Waals surface area (Å²) in [5, 5.41) is 12.4. The van der Waals surface area contributed by atoms with Crippen LogP contribution in [0.15, 0.2) is 22.8 Å². The van der Waals surface area contributed by atoms with Gasteiger partial charge in [0.25, 0.3) is 0 Å². The van der Waals surface area contributed by atoms with Crippen molar-refractivity contribution < 1.29 is 9.52 Å². The second-order valence-corrected chi connectivity index (χ2v) is 2.52. The molecular weight excluding hydrogens is 156 g/mol. The molecule has 1 aromatic rings. The van der Waals surface area contributed by atoms with Gasteiger partial charge in [-0.2, -0.15) is 0 Å². The molecule has 0 spiro atoms. The molecule has 0 amide bonds. The zero-order valence-electron chi connectivity index (χ0n) is 6.86. The van der Waals surface area contributed by atoms with Crippen LogP contribution in [0.5, 0.6) is 0 Å². The Hall–Kier alpha value is -0.840. The lowest BCUT2D eigenvalue weighted by Crippen LogP contribution is -2.26. The maximum atomic E-state index is 9.44. The van der Waals surface area contributed by atoms with E-state index in [1.165, 1.54) is 0 Å². The predicted octanol–water partition coefficient (Wildman–Crippen LogP) is -0.139. The number of furan rings is 1. The Labute approximate surface area is 71.4 Å². The van der Waals surface area contributed by atoms with E-state index in [9.17, 15) is 5.11 Å². The Kier molecular flexibility index (Phi) is 3.79. The van der Waals surface area contributed by atoms with Gasteiger partial charge in [0.15, 0.2) is 0 Å². The summed E-state index contributed by atoms with van der Waals surface area (Å²) in [6.07, 6.45) is 0.966. The zero-order chi connectivity index (χ0) is 8.81. The molecule has 1 unspecified atom stereocenters. The third-order valence-corrected chi connectivity index (χ3v) is 1.53. The van der Waals surface area contributed by atoms with Crippen molar-refractivity contribution in [1.82, 2.24) is 5.32 Å². The molecule has 4 nitrogen and oxygen atoms in total. The molecule has 4 heteroatoms. The fraction of sp³-hybridized carbons (Fsp3) is 0.500. The lowest BCUT2D eigenvalue weighted by Gasteiger charge is -2.07. The largest absolute Gasteiger partial charge is 0.467 e. The maximum Gasteiger partial charge on any atom is 0.133 e. The summed E-state index contributed by atoms with van der Waals surface area (Å²) in [6, 6.07) is 3.50. The summed E-state index contributed by atoms with van der Waals surface area (Å²) in [5.74, 6) is 0.583. The number of nitrogens with two attached hydrogens (primary N) is 1. The van der Waals surface area contributed by atoms with Crippen LogP contribution in [0.2, 0.25) is 0 Å².